The van der Waals surface area contributed by atoms with Crippen molar-refractivity contribution in [3.8, 4) is 5.75 Å². The van der Waals surface area contributed by atoms with Crippen LogP contribution in [0.25, 0.3) is 0 Å². The number of phenols is 1. The molecule has 2 aliphatic heterocycles. The number of nitrogens with two attached hydrogens (primary N) is 1. The number of ether oxygens (including phenoxy) is 1. The van der Waals surface area contributed by atoms with Crippen molar-refractivity contribution in [3.63, 3.8) is 0 Å². The summed E-state index contributed by atoms with van der Waals surface area (Å²) in [5.74, 6) is -2.99. The molecule has 0 bridgehead atoms. The van der Waals surface area contributed by atoms with Crippen LogP contribution in [-0.2, 0) is 19.1 Å². The molecule has 13 heteroatoms. The molecule has 2 aliphatic rings. The summed E-state index contributed by atoms with van der Waals surface area (Å²) in [6, 6.07) is 4.37. The predicted molar refractivity (Wildman–Crippen MR) is 102 cm³/mol. The molecule has 0 saturated carbocycles. The molecule has 0 radical (unpaired) electrons. The zero-order valence-electron chi connectivity index (χ0n) is 15.1. The van der Waals surface area contributed by atoms with Crippen LogP contribution in [0.15, 0.2) is 40.7 Å². The number of nitrogens with one attached hydrogen (secondary N) is 1. The van der Waals surface area contributed by atoms with E-state index in [1.54, 1.807) is 0 Å². The number of primary amides is 1. The van der Waals surface area contributed by atoms with Crippen LogP contribution in [0.2, 0.25) is 0 Å². The van der Waals surface area contributed by atoms with Crippen LogP contribution in [0.3, 0.4) is 0 Å². The zero-order chi connectivity index (χ0) is 22.0. The van der Waals surface area contributed by atoms with Gasteiger partial charge in [-0.1, -0.05) is 17.3 Å². The first-order valence-electron chi connectivity index (χ1n) is 8.39. The number of aliphatic carboxylic acids is 1. The highest BCUT2D eigenvalue weighted by Crippen LogP contribution is 2.40. The first-order chi connectivity index (χ1) is 14.2. The van der Waals surface area contributed by atoms with Gasteiger partial charge in [-0.2, -0.15) is 0 Å². The van der Waals surface area contributed by atoms with Crippen LogP contribution in [0.5, 0.6) is 5.75 Å². The molecular formula is C17H16N4O8S. The first kappa shape index (κ1) is 21.0. The Bertz CT molecular complexity index is 992. The number of rotatable bonds is 6. The number of oxime groups is 1. The molecule has 1 saturated heterocycles. The minimum atomic E-state index is -1.39. The van der Waals surface area contributed by atoms with Gasteiger partial charge in [-0.25, -0.2) is 9.59 Å². The molecule has 3 rings (SSSR count). The SMILES string of the molecule is NC(=O)OCC1=C(C(=O)O)N2C(=O)C(NC(=O)C(=NO)c3cccc(O)c3)[C@H]2SC1. The van der Waals surface area contributed by atoms with Gasteiger partial charge in [0.05, 0.1) is 0 Å². The van der Waals surface area contributed by atoms with E-state index in [0.717, 1.165) is 16.7 Å². The third-order valence-corrected chi connectivity index (χ3v) is 5.70. The highest BCUT2D eigenvalue weighted by molar-refractivity contribution is 8.00. The molecular weight excluding hydrogens is 420 g/mol. The van der Waals surface area contributed by atoms with E-state index in [9.17, 15) is 34.6 Å². The van der Waals surface area contributed by atoms with Gasteiger partial charge < -0.3 is 31.2 Å². The van der Waals surface area contributed by atoms with E-state index in [0.29, 0.717) is 0 Å². The van der Waals surface area contributed by atoms with Crippen molar-refractivity contribution in [2.24, 2.45) is 10.9 Å². The second-order valence-electron chi connectivity index (χ2n) is 6.22. The van der Waals surface area contributed by atoms with Gasteiger partial charge >= 0.3 is 12.1 Å². The van der Waals surface area contributed by atoms with Crippen molar-refractivity contribution in [1.82, 2.24) is 10.2 Å². The number of aromatic hydroxyl groups is 1. The van der Waals surface area contributed by atoms with E-state index in [-0.39, 0.29) is 34.9 Å². The Morgan fingerprint density at radius 3 is 2.70 bits per heavy atom. The molecule has 1 fully saturated rings. The smallest absolute Gasteiger partial charge is 0.404 e. The number of phenolic OH excluding ortho intramolecular Hbond substituents is 1. The zero-order valence-corrected chi connectivity index (χ0v) is 16.0. The highest BCUT2D eigenvalue weighted by atomic mass is 32.2. The number of carboxylic acids is 1. The second-order valence-corrected chi connectivity index (χ2v) is 7.33. The van der Waals surface area contributed by atoms with Crippen LogP contribution < -0.4 is 11.1 Å². The second kappa shape index (κ2) is 8.32. The normalized spacial score (nSPS) is 20.9. The fourth-order valence-corrected chi connectivity index (χ4v) is 4.38. The van der Waals surface area contributed by atoms with Crippen molar-refractivity contribution < 1.29 is 39.3 Å². The Kier molecular flexibility index (Phi) is 5.82. The summed E-state index contributed by atoms with van der Waals surface area (Å²) in [5, 5.41) is 32.9. The Labute approximate surface area is 173 Å². The molecule has 1 unspecified atom stereocenters. The van der Waals surface area contributed by atoms with Gasteiger partial charge in [0.15, 0.2) is 5.71 Å². The van der Waals surface area contributed by atoms with Crippen LogP contribution in [0.4, 0.5) is 4.79 Å². The number of hydrogen-bond acceptors (Lipinski definition) is 9. The van der Waals surface area contributed by atoms with E-state index < -0.39 is 41.0 Å². The quantitative estimate of drug-likeness (QED) is 0.168. The Hall–Kier alpha value is -3.74. The number of amides is 3. The number of carbonyl (C=O) groups is 4. The number of β-lactam (4-membered cyclic amide) rings is 1. The monoisotopic (exact) mass is 436 g/mol. The summed E-state index contributed by atoms with van der Waals surface area (Å²) in [6.45, 7) is -0.379. The molecule has 0 aliphatic carbocycles. The molecule has 0 spiro atoms. The molecule has 1 aromatic carbocycles. The fraction of sp³-hybridized carbons (Fsp3) is 0.235. The van der Waals surface area contributed by atoms with E-state index in [1.165, 1.54) is 24.3 Å². The summed E-state index contributed by atoms with van der Waals surface area (Å²) < 4.78 is 4.63. The summed E-state index contributed by atoms with van der Waals surface area (Å²) in [7, 11) is 0. The predicted octanol–water partition coefficient (Wildman–Crippen LogP) is -0.596. The lowest BCUT2D eigenvalue weighted by Crippen LogP contribution is -2.71. The summed E-state index contributed by atoms with van der Waals surface area (Å²) >= 11 is 1.16. The number of carboxylic acid groups (broad SMARTS) is 1. The average Bonchev–Trinajstić information content (AvgIpc) is 2.70. The summed E-state index contributed by atoms with van der Waals surface area (Å²) in [4.78, 5) is 48.5. The molecule has 6 N–H and O–H groups in total. The molecule has 158 valence electrons. The molecule has 2 heterocycles. The van der Waals surface area contributed by atoms with Crippen LogP contribution in [0.1, 0.15) is 5.56 Å². The average molecular weight is 436 g/mol. The number of carbonyl (C=O) groups excluding carboxylic acids is 3. The van der Waals surface area contributed by atoms with Crippen molar-refractivity contribution in [3.05, 3.63) is 41.1 Å². The molecule has 1 aromatic rings. The molecule has 3 amide bonds. The fourth-order valence-electron chi connectivity index (χ4n) is 3.05. The lowest BCUT2D eigenvalue weighted by Gasteiger charge is -2.49. The van der Waals surface area contributed by atoms with Gasteiger partial charge in [0.25, 0.3) is 11.8 Å². The van der Waals surface area contributed by atoms with E-state index in [4.69, 9.17) is 5.73 Å². The van der Waals surface area contributed by atoms with Crippen molar-refractivity contribution in [2.75, 3.05) is 12.4 Å². The lowest BCUT2D eigenvalue weighted by molar-refractivity contribution is -0.150. The summed E-state index contributed by atoms with van der Waals surface area (Å²) in [5.41, 5.74) is 4.44. The number of benzene rings is 1. The van der Waals surface area contributed by atoms with Crippen LogP contribution >= 0.6 is 11.8 Å². The third kappa shape index (κ3) is 3.87. The first-order valence-corrected chi connectivity index (χ1v) is 9.44. The van der Waals surface area contributed by atoms with Gasteiger partial charge in [0.2, 0.25) is 0 Å². The Morgan fingerprint density at radius 1 is 1.37 bits per heavy atom. The number of hydrogen-bond donors (Lipinski definition) is 5. The minimum absolute atomic E-state index is 0.118. The Balaban J connectivity index is 1.77. The highest BCUT2D eigenvalue weighted by Gasteiger charge is 2.54. The molecule has 2 atom stereocenters. The van der Waals surface area contributed by atoms with Gasteiger partial charge in [-0.3, -0.25) is 14.5 Å². The van der Waals surface area contributed by atoms with Gasteiger partial charge in [0, 0.05) is 16.9 Å². The van der Waals surface area contributed by atoms with Gasteiger partial charge in [-0.15, -0.1) is 11.8 Å². The maximum atomic E-state index is 12.6. The topological polar surface area (TPSA) is 192 Å². The van der Waals surface area contributed by atoms with Crippen LogP contribution in [-0.4, -0.2) is 73.7 Å². The van der Waals surface area contributed by atoms with Gasteiger partial charge in [0.1, 0.15) is 29.5 Å². The largest absolute Gasteiger partial charge is 0.508 e. The van der Waals surface area contributed by atoms with E-state index in [1.807, 2.05) is 0 Å². The standard InChI is InChI=1S/C17H16N4O8S/c18-17(27)29-5-8-6-30-15-11(14(24)21(15)12(8)16(25)26)19-13(23)10(20-28)7-2-1-3-9(22)4-7/h1-4,11,15,22,28H,5-6H2,(H2,18,27)(H,19,23)(H,25,26)/t11?,15-/m1/s1. The van der Waals surface area contributed by atoms with Gasteiger partial charge in [-0.05, 0) is 12.1 Å². The van der Waals surface area contributed by atoms with Crippen molar-refractivity contribution in [2.45, 2.75) is 11.4 Å². The molecule has 12 nitrogen and oxygen atoms in total. The van der Waals surface area contributed by atoms with E-state index >= 15 is 0 Å². The number of nitrogens with zero attached hydrogens (tertiary/aromatic N) is 2. The molecule has 0 aromatic heterocycles. The number of thioether (sulfide) groups is 1. The maximum Gasteiger partial charge on any atom is 0.404 e. The van der Waals surface area contributed by atoms with Crippen molar-refractivity contribution in [1.29, 1.82) is 0 Å². The maximum absolute atomic E-state index is 12.6. The van der Waals surface area contributed by atoms with Crippen LogP contribution in [0, 0.1) is 0 Å². The summed E-state index contributed by atoms with van der Waals surface area (Å²) in [6.07, 6.45) is -1.08. The Morgan fingerprint density at radius 2 is 2.10 bits per heavy atom. The number of fused-ring (bicyclic) bond motifs is 1. The molecule has 30 heavy (non-hydrogen) atoms. The van der Waals surface area contributed by atoms with Crippen molar-refractivity contribution >= 4 is 41.4 Å². The third-order valence-electron chi connectivity index (χ3n) is 4.36. The lowest BCUT2D eigenvalue weighted by atomic mass is 10.0. The van der Waals surface area contributed by atoms with E-state index in [2.05, 4.69) is 15.2 Å². The minimum Gasteiger partial charge on any atom is -0.508 e.